The fourth-order valence-corrected chi connectivity index (χ4v) is 7.48. The quantitative estimate of drug-likeness (QED) is 0.694. The Bertz CT molecular complexity index is 931. The van der Waals surface area contributed by atoms with Crippen LogP contribution in [0.2, 0.25) is 0 Å². The second-order valence-electron chi connectivity index (χ2n) is 10.6. The number of hydrogen-bond donors (Lipinski definition) is 0. The molecular weight excluding hydrogens is 370 g/mol. The largest absolute Gasteiger partial charge is 0.374 e. The lowest BCUT2D eigenvalue weighted by Gasteiger charge is -2.58. The Balaban J connectivity index is 1.51. The molecule has 3 heteroatoms. The summed E-state index contributed by atoms with van der Waals surface area (Å²) in [4.78, 5) is 27.5. The number of nitrogens with zero attached hydrogens (tertiary/aromatic N) is 1. The number of rotatable bonds is 3. The summed E-state index contributed by atoms with van der Waals surface area (Å²) in [7, 11) is 2.16. The van der Waals surface area contributed by atoms with Gasteiger partial charge in [-0.2, -0.15) is 0 Å². The van der Waals surface area contributed by atoms with E-state index in [2.05, 4.69) is 56.1 Å². The van der Waals surface area contributed by atoms with Gasteiger partial charge in [-0.3, -0.25) is 9.59 Å². The molecular formula is C27H33NO2. The zero-order chi connectivity index (χ0) is 21.1. The van der Waals surface area contributed by atoms with Crippen molar-refractivity contribution < 1.29 is 9.59 Å². The summed E-state index contributed by atoms with van der Waals surface area (Å²) in [5, 5.41) is 0. The van der Waals surface area contributed by atoms with Gasteiger partial charge in [0.2, 0.25) is 0 Å². The number of carbonyl (C=O) groups is 2. The van der Waals surface area contributed by atoms with Crippen molar-refractivity contribution in [2.75, 3.05) is 18.5 Å². The number of fused-ring (bicyclic) bond motifs is 5. The van der Waals surface area contributed by atoms with E-state index in [4.69, 9.17) is 0 Å². The van der Waals surface area contributed by atoms with Crippen LogP contribution in [-0.2, 0) is 9.59 Å². The van der Waals surface area contributed by atoms with Gasteiger partial charge in [0.25, 0.3) is 0 Å². The molecule has 0 aliphatic heterocycles. The van der Waals surface area contributed by atoms with Gasteiger partial charge in [0.1, 0.15) is 5.78 Å². The number of allylic oxidation sites excluding steroid dienone is 3. The fourth-order valence-electron chi connectivity index (χ4n) is 7.48. The van der Waals surface area contributed by atoms with Gasteiger partial charge in [-0.25, -0.2) is 0 Å². The maximum Gasteiger partial charge on any atom is 0.178 e. The van der Waals surface area contributed by atoms with Crippen LogP contribution in [0.4, 0.5) is 5.69 Å². The zero-order valence-electron chi connectivity index (χ0n) is 18.4. The number of ketones is 2. The number of carbonyl (C=O) groups excluding carboxylic acids is 2. The highest BCUT2D eigenvalue weighted by atomic mass is 16.1. The average molecular weight is 404 g/mol. The molecule has 5 rings (SSSR count). The first kappa shape index (κ1) is 19.8. The Morgan fingerprint density at radius 3 is 2.60 bits per heavy atom. The van der Waals surface area contributed by atoms with Gasteiger partial charge in [-0.15, -0.1) is 0 Å². The molecule has 4 aliphatic rings. The number of para-hydroxylation sites is 1. The van der Waals surface area contributed by atoms with E-state index in [1.807, 2.05) is 12.1 Å². The summed E-state index contributed by atoms with van der Waals surface area (Å²) < 4.78 is 0. The van der Waals surface area contributed by atoms with Crippen molar-refractivity contribution in [3.63, 3.8) is 0 Å². The lowest BCUT2D eigenvalue weighted by molar-refractivity contribution is -0.132. The molecule has 0 heterocycles. The van der Waals surface area contributed by atoms with Crippen LogP contribution in [0.5, 0.6) is 0 Å². The lowest BCUT2D eigenvalue weighted by atomic mass is 9.46. The highest BCUT2D eigenvalue weighted by Crippen LogP contribution is 2.64. The highest BCUT2D eigenvalue weighted by molar-refractivity contribution is 6.01. The van der Waals surface area contributed by atoms with E-state index in [0.29, 0.717) is 29.5 Å². The predicted molar refractivity (Wildman–Crippen MR) is 120 cm³/mol. The smallest absolute Gasteiger partial charge is 0.178 e. The van der Waals surface area contributed by atoms with Crippen molar-refractivity contribution >= 4 is 17.3 Å². The first-order valence-electron chi connectivity index (χ1n) is 11.6. The van der Waals surface area contributed by atoms with E-state index in [9.17, 15) is 9.59 Å². The molecule has 6 atom stereocenters. The van der Waals surface area contributed by atoms with Crippen molar-refractivity contribution in [3.05, 3.63) is 54.1 Å². The van der Waals surface area contributed by atoms with Crippen molar-refractivity contribution in [3.8, 4) is 0 Å². The summed E-state index contributed by atoms with van der Waals surface area (Å²) in [5.41, 5.74) is 2.35. The van der Waals surface area contributed by atoms with Gasteiger partial charge >= 0.3 is 0 Å². The molecule has 0 radical (unpaired) electrons. The van der Waals surface area contributed by atoms with E-state index in [-0.39, 0.29) is 16.6 Å². The molecule has 1 aromatic carbocycles. The lowest BCUT2D eigenvalue weighted by Crippen LogP contribution is -2.53. The van der Waals surface area contributed by atoms with E-state index in [1.165, 1.54) is 11.3 Å². The third-order valence-electron chi connectivity index (χ3n) is 9.12. The Hall–Kier alpha value is -2.16. The van der Waals surface area contributed by atoms with Crippen LogP contribution in [0, 0.1) is 34.5 Å². The Morgan fingerprint density at radius 1 is 1.07 bits per heavy atom. The number of Topliss-reactive ketones (excluding diaryl/α,β-unsaturated/α-hetero) is 1. The third kappa shape index (κ3) is 2.85. The van der Waals surface area contributed by atoms with Crippen LogP contribution < -0.4 is 4.90 Å². The summed E-state index contributed by atoms with van der Waals surface area (Å²) in [6, 6.07) is 10.5. The van der Waals surface area contributed by atoms with Crippen LogP contribution in [0.1, 0.15) is 46.0 Å². The van der Waals surface area contributed by atoms with Crippen LogP contribution in [0.15, 0.2) is 54.1 Å². The molecule has 0 spiro atoms. The van der Waals surface area contributed by atoms with Gasteiger partial charge in [-0.1, -0.05) is 43.7 Å². The second kappa shape index (κ2) is 6.93. The zero-order valence-corrected chi connectivity index (χ0v) is 18.4. The number of anilines is 1. The van der Waals surface area contributed by atoms with E-state index >= 15 is 0 Å². The van der Waals surface area contributed by atoms with Gasteiger partial charge < -0.3 is 4.90 Å². The van der Waals surface area contributed by atoms with Crippen molar-refractivity contribution in [1.29, 1.82) is 0 Å². The fraction of sp³-hybridized carbons (Fsp3) is 0.556. The van der Waals surface area contributed by atoms with Crippen LogP contribution >= 0.6 is 0 Å². The van der Waals surface area contributed by atoms with Crippen LogP contribution in [-0.4, -0.2) is 25.2 Å². The van der Waals surface area contributed by atoms with Crippen molar-refractivity contribution in [1.82, 2.24) is 0 Å². The van der Waals surface area contributed by atoms with Crippen LogP contribution in [0.3, 0.4) is 0 Å². The molecule has 0 saturated heterocycles. The monoisotopic (exact) mass is 403 g/mol. The molecule has 0 aromatic heterocycles. The molecule has 3 fully saturated rings. The molecule has 30 heavy (non-hydrogen) atoms. The van der Waals surface area contributed by atoms with Crippen molar-refractivity contribution in [2.24, 2.45) is 34.5 Å². The van der Waals surface area contributed by atoms with Crippen LogP contribution in [0.25, 0.3) is 0 Å². The summed E-state index contributed by atoms with van der Waals surface area (Å²) in [6.07, 6.45) is 10.9. The maximum absolute atomic E-state index is 12.8. The predicted octanol–water partition coefficient (Wildman–Crippen LogP) is 5.23. The molecule has 158 valence electrons. The Kier molecular flexibility index (Phi) is 4.57. The first-order chi connectivity index (χ1) is 14.3. The highest BCUT2D eigenvalue weighted by Gasteiger charge is 2.60. The molecule has 0 bridgehead atoms. The van der Waals surface area contributed by atoms with Gasteiger partial charge in [0, 0.05) is 36.5 Å². The first-order valence-corrected chi connectivity index (χ1v) is 11.6. The average Bonchev–Trinajstić information content (AvgIpc) is 3.05. The standard InChI is InChI=1S/C27H33NO2/c1-26-13-11-20(29)16-24(26)18(17-28(3)19-7-5-4-6-8-19)15-21-22-9-10-25(30)27(22,2)14-12-23(21)26/h4-8,11,13,16,18,21-23H,9-10,12,14-15,17H2,1-3H3/t18?,21-,22-,23-,26+,27-/m0/s1. The van der Waals surface area contributed by atoms with E-state index in [1.54, 1.807) is 6.08 Å². The second-order valence-corrected chi connectivity index (χ2v) is 10.6. The van der Waals surface area contributed by atoms with E-state index in [0.717, 1.165) is 38.6 Å². The Morgan fingerprint density at radius 2 is 1.83 bits per heavy atom. The van der Waals surface area contributed by atoms with Gasteiger partial charge in [0.15, 0.2) is 5.78 Å². The molecule has 0 amide bonds. The molecule has 1 unspecified atom stereocenters. The SMILES string of the molecule is CN(CC1C[C@@H]2[C@H](CC[C@]3(C)C(=O)CC[C@@H]23)[C@@]2(C)C=CC(=O)C=C12)c1ccccc1. The topological polar surface area (TPSA) is 37.4 Å². The molecule has 4 aliphatic carbocycles. The molecule has 3 nitrogen and oxygen atoms in total. The number of benzene rings is 1. The minimum absolute atomic E-state index is 0.0635. The summed E-state index contributed by atoms with van der Waals surface area (Å²) in [6.45, 7) is 5.50. The normalized spacial score (nSPS) is 39.8. The maximum atomic E-state index is 12.8. The molecule has 3 saturated carbocycles. The minimum atomic E-state index is -0.122. The number of hydrogen-bond acceptors (Lipinski definition) is 3. The third-order valence-corrected chi connectivity index (χ3v) is 9.12. The Labute approximate surface area is 180 Å². The minimum Gasteiger partial charge on any atom is -0.374 e. The van der Waals surface area contributed by atoms with Crippen molar-refractivity contribution in [2.45, 2.75) is 46.0 Å². The summed E-state index contributed by atoms with van der Waals surface area (Å²) >= 11 is 0. The van der Waals surface area contributed by atoms with E-state index < -0.39 is 0 Å². The molecule has 0 N–H and O–H groups in total. The van der Waals surface area contributed by atoms with Gasteiger partial charge in [-0.05, 0) is 73.6 Å². The summed E-state index contributed by atoms with van der Waals surface area (Å²) in [5.74, 6) is 2.56. The molecule has 1 aromatic rings. The van der Waals surface area contributed by atoms with Gasteiger partial charge in [0.05, 0.1) is 0 Å².